The number of aryl methyl sites for hydroxylation is 2. The Kier molecular flexibility index (Phi) is 5.65. The van der Waals surface area contributed by atoms with Gasteiger partial charge in [0.1, 0.15) is 12.3 Å². The van der Waals surface area contributed by atoms with Crippen molar-refractivity contribution >= 4 is 5.96 Å². The van der Waals surface area contributed by atoms with E-state index in [9.17, 15) is 0 Å². The molecule has 0 atom stereocenters. The minimum Gasteiger partial charge on any atom is -0.444 e. The second-order valence-electron chi connectivity index (χ2n) is 6.05. The zero-order valence-corrected chi connectivity index (χ0v) is 13.7. The van der Waals surface area contributed by atoms with E-state index in [4.69, 9.17) is 4.42 Å². The molecule has 1 aromatic rings. The lowest BCUT2D eigenvalue weighted by atomic mass is 9.87. The van der Waals surface area contributed by atoms with Crippen LogP contribution in [0, 0.1) is 19.8 Å². The van der Waals surface area contributed by atoms with Crippen LogP contribution in [0.3, 0.4) is 0 Å². The van der Waals surface area contributed by atoms with Gasteiger partial charge in [-0.15, -0.1) is 0 Å². The van der Waals surface area contributed by atoms with E-state index in [0.29, 0.717) is 18.5 Å². The van der Waals surface area contributed by atoms with Gasteiger partial charge in [0.2, 0.25) is 5.89 Å². The highest BCUT2D eigenvalue weighted by Gasteiger charge is 2.18. The van der Waals surface area contributed by atoms with Gasteiger partial charge in [0.15, 0.2) is 5.96 Å². The van der Waals surface area contributed by atoms with Crippen LogP contribution in [0.25, 0.3) is 0 Å². The number of hydrogen-bond donors (Lipinski definition) is 2. The molecule has 0 spiro atoms. The highest BCUT2D eigenvalue weighted by molar-refractivity contribution is 5.80. The maximum absolute atomic E-state index is 5.57. The fraction of sp³-hybridized carbons (Fsp3) is 0.750. The molecule has 5 nitrogen and oxygen atoms in total. The fourth-order valence-corrected chi connectivity index (χ4v) is 2.67. The molecule has 0 bridgehead atoms. The third-order valence-electron chi connectivity index (χ3n) is 4.15. The number of nitrogens with one attached hydrogen (secondary N) is 2. The normalized spacial score (nSPS) is 23.1. The number of guanidine groups is 1. The molecule has 0 aliphatic heterocycles. The summed E-state index contributed by atoms with van der Waals surface area (Å²) >= 11 is 0. The molecule has 0 unspecified atom stereocenters. The number of hydrogen-bond acceptors (Lipinski definition) is 3. The molecule has 1 aliphatic carbocycles. The highest BCUT2D eigenvalue weighted by Crippen LogP contribution is 2.23. The Morgan fingerprint density at radius 1 is 1.29 bits per heavy atom. The van der Waals surface area contributed by atoms with Crippen molar-refractivity contribution in [1.82, 2.24) is 15.6 Å². The maximum Gasteiger partial charge on any atom is 0.216 e. The van der Waals surface area contributed by atoms with Crippen LogP contribution >= 0.6 is 0 Å². The molecular weight excluding hydrogens is 264 g/mol. The van der Waals surface area contributed by atoms with E-state index in [1.807, 2.05) is 13.8 Å². The molecule has 0 amide bonds. The zero-order chi connectivity index (χ0) is 15.2. The first kappa shape index (κ1) is 15.9. The van der Waals surface area contributed by atoms with Gasteiger partial charge in [-0.2, -0.15) is 0 Å². The SMILES string of the molecule is CCNC(=NCc1nc(C)c(C)o1)NC1CCC(C)CC1. The molecule has 118 valence electrons. The predicted molar refractivity (Wildman–Crippen MR) is 85.3 cm³/mol. The van der Waals surface area contributed by atoms with Crippen molar-refractivity contribution in [2.24, 2.45) is 10.9 Å². The Balaban J connectivity index is 1.92. The lowest BCUT2D eigenvalue weighted by Gasteiger charge is -2.28. The largest absolute Gasteiger partial charge is 0.444 e. The van der Waals surface area contributed by atoms with Crippen molar-refractivity contribution < 1.29 is 4.42 Å². The summed E-state index contributed by atoms with van der Waals surface area (Å²) < 4.78 is 5.57. The second kappa shape index (κ2) is 7.48. The average Bonchev–Trinajstić information content (AvgIpc) is 2.78. The first-order valence-electron chi connectivity index (χ1n) is 8.06. The van der Waals surface area contributed by atoms with Gasteiger partial charge in [-0.3, -0.25) is 0 Å². The zero-order valence-electron chi connectivity index (χ0n) is 13.7. The van der Waals surface area contributed by atoms with E-state index in [-0.39, 0.29) is 0 Å². The van der Waals surface area contributed by atoms with Crippen molar-refractivity contribution in [3.05, 3.63) is 17.3 Å². The number of aromatic nitrogens is 1. The number of nitrogens with zero attached hydrogens (tertiary/aromatic N) is 2. The molecular formula is C16H28N4O. The second-order valence-corrected chi connectivity index (χ2v) is 6.05. The monoisotopic (exact) mass is 292 g/mol. The molecule has 2 rings (SSSR count). The molecule has 1 aromatic heterocycles. The Morgan fingerprint density at radius 2 is 2.00 bits per heavy atom. The van der Waals surface area contributed by atoms with Crippen LogP contribution < -0.4 is 10.6 Å². The summed E-state index contributed by atoms with van der Waals surface area (Å²) in [7, 11) is 0. The quantitative estimate of drug-likeness (QED) is 0.661. The van der Waals surface area contributed by atoms with Gasteiger partial charge in [0.25, 0.3) is 0 Å². The Hall–Kier alpha value is -1.52. The summed E-state index contributed by atoms with van der Waals surface area (Å²) in [6, 6.07) is 0.534. The summed E-state index contributed by atoms with van der Waals surface area (Å²) in [6.45, 7) is 9.65. The van der Waals surface area contributed by atoms with E-state index in [1.54, 1.807) is 0 Å². The van der Waals surface area contributed by atoms with Crippen molar-refractivity contribution in [3.8, 4) is 0 Å². The van der Waals surface area contributed by atoms with Gasteiger partial charge in [-0.05, 0) is 52.4 Å². The first-order valence-corrected chi connectivity index (χ1v) is 8.06. The average molecular weight is 292 g/mol. The molecule has 21 heavy (non-hydrogen) atoms. The predicted octanol–water partition coefficient (Wildman–Crippen LogP) is 2.93. The van der Waals surface area contributed by atoms with Gasteiger partial charge in [0.05, 0.1) is 5.69 Å². The summed E-state index contributed by atoms with van der Waals surface area (Å²) in [5.41, 5.74) is 0.944. The van der Waals surface area contributed by atoms with Crippen LogP contribution in [0.5, 0.6) is 0 Å². The van der Waals surface area contributed by atoms with Gasteiger partial charge in [0, 0.05) is 12.6 Å². The third-order valence-corrected chi connectivity index (χ3v) is 4.15. The molecule has 0 aromatic carbocycles. The molecule has 5 heteroatoms. The van der Waals surface area contributed by atoms with Gasteiger partial charge < -0.3 is 15.1 Å². The molecule has 0 saturated heterocycles. The summed E-state index contributed by atoms with van der Waals surface area (Å²) in [4.78, 5) is 8.96. The number of rotatable bonds is 4. The Labute approximate surface area is 127 Å². The minimum absolute atomic E-state index is 0.479. The van der Waals surface area contributed by atoms with Crippen LogP contribution in [-0.4, -0.2) is 23.5 Å². The van der Waals surface area contributed by atoms with E-state index < -0.39 is 0 Å². The van der Waals surface area contributed by atoms with Gasteiger partial charge in [-0.25, -0.2) is 9.98 Å². The van der Waals surface area contributed by atoms with E-state index in [2.05, 4.69) is 34.5 Å². The van der Waals surface area contributed by atoms with Crippen molar-refractivity contribution in [1.29, 1.82) is 0 Å². The lowest BCUT2D eigenvalue weighted by Crippen LogP contribution is -2.44. The van der Waals surface area contributed by atoms with Gasteiger partial charge in [-0.1, -0.05) is 6.92 Å². The Bertz CT molecular complexity index is 453. The van der Waals surface area contributed by atoms with Crippen LogP contribution in [0.4, 0.5) is 0 Å². The highest BCUT2D eigenvalue weighted by atomic mass is 16.4. The summed E-state index contributed by atoms with van der Waals surface area (Å²) in [6.07, 6.45) is 5.05. The van der Waals surface area contributed by atoms with Crippen molar-refractivity contribution in [2.75, 3.05) is 6.54 Å². The van der Waals surface area contributed by atoms with Crippen molar-refractivity contribution in [3.63, 3.8) is 0 Å². The Morgan fingerprint density at radius 3 is 2.57 bits per heavy atom. The standard InChI is InChI=1S/C16H28N4O/c1-5-17-16(20-14-8-6-11(2)7-9-14)18-10-15-19-12(3)13(4)21-15/h11,14H,5-10H2,1-4H3,(H2,17,18,20). The minimum atomic E-state index is 0.479. The summed E-state index contributed by atoms with van der Waals surface area (Å²) in [5.74, 6) is 3.28. The fourth-order valence-electron chi connectivity index (χ4n) is 2.67. The van der Waals surface area contributed by atoms with Crippen LogP contribution in [0.1, 0.15) is 56.9 Å². The van der Waals surface area contributed by atoms with Crippen LogP contribution in [0.15, 0.2) is 9.41 Å². The third kappa shape index (κ3) is 4.76. The maximum atomic E-state index is 5.57. The molecule has 1 aliphatic rings. The lowest BCUT2D eigenvalue weighted by molar-refractivity contribution is 0.329. The topological polar surface area (TPSA) is 62.5 Å². The summed E-state index contributed by atoms with van der Waals surface area (Å²) in [5, 5.41) is 6.84. The van der Waals surface area contributed by atoms with E-state index in [1.165, 1.54) is 25.7 Å². The first-order chi connectivity index (χ1) is 10.1. The van der Waals surface area contributed by atoms with E-state index in [0.717, 1.165) is 29.9 Å². The number of oxazole rings is 1. The molecule has 1 fully saturated rings. The molecule has 1 heterocycles. The van der Waals surface area contributed by atoms with Crippen LogP contribution in [-0.2, 0) is 6.54 Å². The van der Waals surface area contributed by atoms with Crippen molar-refractivity contribution in [2.45, 2.75) is 66.0 Å². The van der Waals surface area contributed by atoms with Crippen LogP contribution in [0.2, 0.25) is 0 Å². The molecule has 0 radical (unpaired) electrons. The molecule has 2 N–H and O–H groups in total. The van der Waals surface area contributed by atoms with E-state index >= 15 is 0 Å². The molecule has 1 saturated carbocycles. The number of aliphatic imine (C=N–C) groups is 1. The smallest absolute Gasteiger partial charge is 0.216 e. The van der Waals surface area contributed by atoms with Gasteiger partial charge >= 0.3 is 0 Å².